The molecule has 2 aromatic carbocycles. The van der Waals surface area contributed by atoms with Crippen molar-refractivity contribution >= 4 is 21.7 Å². The molecular weight excluding hydrogens is 356 g/mol. The van der Waals surface area contributed by atoms with Gasteiger partial charge in [0.05, 0.1) is 23.0 Å². The minimum absolute atomic E-state index is 0.0131. The predicted molar refractivity (Wildman–Crippen MR) is 92.2 cm³/mol. The van der Waals surface area contributed by atoms with Gasteiger partial charge in [-0.3, -0.25) is 4.79 Å². The molecule has 0 unspecified atom stereocenters. The molecule has 1 aromatic heterocycles. The van der Waals surface area contributed by atoms with Crippen LogP contribution >= 0.6 is 15.9 Å². The second-order valence-electron chi connectivity index (χ2n) is 5.16. The number of aromatic nitrogens is 2. The molecule has 0 radical (unpaired) electrons. The number of ketones is 1. The Hall–Kier alpha value is -2.40. The van der Waals surface area contributed by atoms with Crippen LogP contribution in [0.25, 0.3) is 5.69 Å². The van der Waals surface area contributed by atoms with E-state index in [1.807, 2.05) is 37.3 Å². The second-order valence-corrected chi connectivity index (χ2v) is 6.01. The first-order valence-corrected chi connectivity index (χ1v) is 8.05. The zero-order chi connectivity index (χ0) is 16.4. The Morgan fingerprint density at radius 2 is 2.04 bits per heavy atom. The normalized spacial score (nSPS) is 10.7. The van der Waals surface area contributed by atoms with E-state index in [0.29, 0.717) is 11.1 Å². The fourth-order valence-electron chi connectivity index (χ4n) is 2.35. The summed E-state index contributed by atoms with van der Waals surface area (Å²) in [5.74, 6) is -0.253. The first-order chi connectivity index (χ1) is 11.1. The third-order valence-electron chi connectivity index (χ3n) is 3.66. The molecule has 0 amide bonds. The number of aryl methyl sites for hydroxylation is 1. The molecule has 0 aliphatic heterocycles. The summed E-state index contributed by atoms with van der Waals surface area (Å²) in [4.78, 5) is 12.6. The van der Waals surface area contributed by atoms with E-state index in [4.69, 9.17) is 0 Å². The summed E-state index contributed by atoms with van der Waals surface area (Å²) in [6.45, 7) is 2.01. The van der Waals surface area contributed by atoms with Crippen LogP contribution in [0, 0.1) is 0 Å². The molecule has 3 aromatic rings. The molecule has 0 fully saturated rings. The predicted octanol–water partition coefficient (Wildman–Crippen LogP) is 4.13. The quantitative estimate of drug-likeness (QED) is 0.702. The Morgan fingerprint density at radius 1 is 1.26 bits per heavy atom. The number of phenols is 1. The van der Waals surface area contributed by atoms with E-state index >= 15 is 0 Å². The van der Waals surface area contributed by atoms with Crippen molar-refractivity contribution in [3.05, 3.63) is 76.0 Å². The molecule has 0 atom stereocenters. The maximum absolute atomic E-state index is 12.6. The fourth-order valence-corrected chi connectivity index (χ4v) is 2.82. The topological polar surface area (TPSA) is 55.1 Å². The van der Waals surface area contributed by atoms with Crippen molar-refractivity contribution in [2.45, 2.75) is 13.3 Å². The highest BCUT2D eigenvalue weighted by molar-refractivity contribution is 9.10. The van der Waals surface area contributed by atoms with Gasteiger partial charge in [-0.2, -0.15) is 5.10 Å². The van der Waals surface area contributed by atoms with Gasteiger partial charge in [0.2, 0.25) is 0 Å². The first kappa shape index (κ1) is 15.5. The van der Waals surface area contributed by atoms with Gasteiger partial charge in [0, 0.05) is 10.7 Å². The second kappa shape index (κ2) is 6.38. The Morgan fingerprint density at radius 3 is 2.78 bits per heavy atom. The van der Waals surface area contributed by atoms with Crippen LogP contribution in [0.4, 0.5) is 0 Å². The van der Waals surface area contributed by atoms with Crippen molar-refractivity contribution in [2.24, 2.45) is 0 Å². The van der Waals surface area contributed by atoms with E-state index in [1.165, 1.54) is 6.20 Å². The Labute approximate surface area is 142 Å². The van der Waals surface area contributed by atoms with E-state index in [-0.39, 0.29) is 11.5 Å². The Kier molecular flexibility index (Phi) is 4.30. The largest absolute Gasteiger partial charge is 0.507 e. The van der Waals surface area contributed by atoms with Gasteiger partial charge in [0.1, 0.15) is 5.75 Å². The van der Waals surface area contributed by atoms with Crippen LogP contribution in [-0.4, -0.2) is 20.7 Å². The van der Waals surface area contributed by atoms with E-state index in [2.05, 4.69) is 21.0 Å². The van der Waals surface area contributed by atoms with Gasteiger partial charge in [-0.25, -0.2) is 4.68 Å². The number of nitrogens with zero attached hydrogens (tertiary/aromatic N) is 2. The third-order valence-corrected chi connectivity index (χ3v) is 4.33. The lowest BCUT2D eigenvalue weighted by atomic mass is 10.0. The van der Waals surface area contributed by atoms with Crippen molar-refractivity contribution in [2.75, 3.05) is 0 Å². The number of hydrogen-bond acceptors (Lipinski definition) is 3. The molecule has 0 aliphatic carbocycles. The highest BCUT2D eigenvalue weighted by Crippen LogP contribution is 2.24. The van der Waals surface area contributed by atoms with Crippen LogP contribution in [0.5, 0.6) is 5.75 Å². The zero-order valence-electron chi connectivity index (χ0n) is 12.5. The van der Waals surface area contributed by atoms with Crippen molar-refractivity contribution in [3.63, 3.8) is 0 Å². The van der Waals surface area contributed by atoms with Crippen molar-refractivity contribution in [1.82, 2.24) is 9.78 Å². The summed E-state index contributed by atoms with van der Waals surface area (Å²) in [5, 5.41) is 14.2. The third kappa shape index (κ3) is 3.05. The smallest absolute Gasteiger partial charge is 0.199 e. The number of rotatable bonds is 4. The Balaban J connectivity index is 1.98. The van der Waals surface area contributed by atoms with Gasteiger partial charge < -0.3 is 5.11 Å². The van der Waals surface area contributed by atoms with Gasteiger partial charge in [-0.05, 0) is 52.2 Å². The number of carbonyl (C=O) groups excluding carboxylic acids is 1. The summed E-state index contributed by atoms with van der Waals surface area (Å²) in [5.41, 5.74) is 2.59. The standard InChI is InChI=1S/C18H15BrN2O2/c1-2-12-7-8-17(22)14(9-12)18(23)13-10-20-21(11-13)16-6-4-3-5-15(16)19/h3-11,22H,2H2,1H3. The molecule has 1 N–H and O–H groups in total. The van der Waals surface area contributed by atoms with Gasteiger partial charge in [-0.15, -0.1) is 0 Å². The zero-order valence-corrected chi connectivity index (χ0v) is 14.1. The fraction of sp³-hybridized carbons (Fsp3) is 0.111. The van der Waals surface area contributed by atoms with Crippen molar-refractivity contribution in [1.29, 1.82) is 0 Å². The van der Waals surface area contributed by atoms with Crippen LogP contribution < -0.4 is 0 Å². The molecule has 1 heterocycles. The SMILES string of the molecule is CCc1ccc(O)c(C(=O)c2cnn(-c3ccccc3Br)c2)c1. The average Bonchev–Trinajstić information content (AvgIpc) is 3.05. The summed E-state index contributed by atoms with van der Waals surface area (Å²) in [6, 6.07) is 12.7. The van der Waals surface area contributed by atoms with E-state index in [0.717, 1.165) is 22.1 Å². The van der Waals surface area contributed by atoms with Crippen molar-refractivity contribution in [3.8, 4) is 11.4 Å². The van der Waals surface area contributed by atoms with Gasteiger partial charge >= 0.3 is 0 Å². The highest BCUT2D eigenvalue weighted by Gasteiger charge is 2.16. The van der Waals surface area contributed by atoms with Crippen LogP contribution in [0.3, 0.4) is 0 Å². The molecule has 3 rings (SSSR count). The summed E-state index contributed by atoms with van der Waals surface area (Å²) >= 11 is 3.47. The van der Waals surface area contributed by atoms with Crippen LogP contribution in [-0.2, 0) is 6.42 Å². The lowest BCUT2D eigenvalue weighted by Gasteiger charge is -2.05. The molecule has 4 nitrogen and oxygen atoms in total. The maximum atomic E-state index is 12.6. The lowest BCUT2D eigenvalue weighted by Crippen LogP contribution is -2.02. The minimum atomic E-state index is -0.240. The number of phenolic OH excluding ortho intramolecular Hbond substituents is 1. The monoisotopic (exact) mass is 370 g/mol. The number of aromatic hydroxyl groups is 1. The van der Waals surface area contributed by atoms with E-state index in [9.17, 15) is 9.90 Å². The highest BCUT2D eigenvalue weighted by atomic mass is 79.9. The molecule has 0 bridgehead atoms. The number of hydrogen-bond donors (Lipinski definition) is 1. The molecule has 5 heteroatoms. The summed E-state index contributed by atoms with van der Waals surface area (Å²) < 4.78 is 2.52. The number of benzene rings is 2. The van der Waals surface area contributed by atoms with Crippen LogP contribution in [0.15, 0.2) is 59.3 Å². The van der Waals surface area contributed by atoms with E-state index < -0.39 is 0 Å². The van der Waals surface area contributed by atoms with Gasteiger partial charge in [0.25, 0.3) is 0 Å². The minimum Gasteiger partial charge on any atom is -0.507 e. The molecule has 0 saturated heterocycles. The average molecular weight is 371 g/mol. The molecule has 116 valence electrons. The molecule has 0 saturated carbocycles. The summed E-state index contributed by atoms with van der Waals surface area (Å²) in [7, 11) is 0. The van der Waals surface area contributed by atoms with Crippen LogP contribution in [0.1, 0.15) is 28.4 Å². The summed E-state index contributed by atoms with van der Waals surface area (Å²) in [6.07, 6.45) is 3.98. The first-order valence-electron chi connectivity index (χ1n) is 7.26. The maximum Gasteiger partial charge on any atom is 0.199 e. The number of para-hydroxylation sites is 1. The van der Waals surface area contributed by atoms with E-state index in [1.54, 1.807) is 23.0 Å². The molecular formula is C18H15BrN2O2. The van der Waals surface area contributed by atoms with Crippen molar-refractivity contribution < 1.29 is 9.90 Å². The molecule has 0 spiro atoms. The molecule has 0 aliphatic rings. The Bertz CT molecular complexity index is 871. The lowest BCUT2D eigenvalue weighted by molar-refractivity contribution is 0.103. The van der Waals surface area contributed by atoms with Gasteiger partial charge in [-0.1, -0.05) is 25.1 Å². The molecule has 23 heavy (non-hydrogen) atoms. The van der Waals surface area contributed by atoms with Crippen LogP contribution in [0.2, 0.25) is 0 Å². The number of halogens is 1. The number of carbonyl (C=O) groups is 1. The van der Waals surface area contributed by atoms with Gasteiger partial charge in [0.15, 0.2) is 5.78 Å².